The highest BCUT2D eigenvalue weighted by atomic mass is 16.1. The molecule has 1 aliphatic rings. The first-order valence-electron chi connectivity index (χ1n) is 12.8. The van der Waals surface area contributed by atoms with Gasteiger partial charge in [0, 0.05) is 35.4 Å². The number of para-hydroxylation sites is 1. The molecule has 2 heterocycles. The van der Waals surface area contributed by atoms with E-state index in [4.69, 9.17) is 0 Å². The molecule has 0 spiro atoms. The van der Waals surface area contributed by atoms with Crippen molar-refractivity contribution in [3.05, 3.63) is 95.7 Å². The minimum Gasteiger partial charge on any atom is -0.326 e. The Morgan fingerprint density at radius 2 is 1.71 bits per heavy atom. The molecular formula is C31H35N3O. The molecule has 0 atom stereocenters. The van der Waals surface area contributed by atoms with Gasteiger partial charge in [0.2, 0.25) is 5.91 Å². The fraction of sp³-hybridized carbons (Fsp3) is 0.323. The average Bonchev–Trinajstić information content (AvgIpc) is 3.23. The first-order valence-corrected chi connectivity index (χ1v) is 12.8. The lowest BCUT2D eigenvalue weighted by Crippen LogP contribution is -2.32. The van der Waals surface area contributed by atoms with Gasteiger partial charge < -0.3 is 9.88 Å². The maximum absolute atomic E-state index is 12.1. The van der Waals surface area contributed by atoms with Crippen LogP contribution in [-0.2, 0) is 11.3 Å². The number of hydrogen-bond acceptors (Lipinski definition) is 2. The predicted octanol–water partition coefficient (Wildman–Crippen LogP) is 6.91. The summed E-state index contributed by atoms with van der Waals surface area (Å²) in [5.41, 5.74) is 7.39. The van der Waals surface area contributed by atoms with Crippen LogP contribution in [0.2, 0.25) is 0 Å². The van der Waals surface area contributed by atoms with Crippen LogP contribution in [0, 0.1) is 12.8 Å². The summed E-state index contributed by atoms with van der Waals surface area (Å²) in [7, 11) is 0. The van der Waals surface area contributed by atoms with E-state index in [1.165, 1.54) is 33.3 Å². The Morgan fingerprint density at radius 3 is 2.46 bits per heavy atom. The lowest BCUT2D eigenvalue weighted by Gasteiger charge is -2.32. The van der Waals surface area contributed by atoms with E-state index in [1.807, 2.05) is 19.9 Å². The molecule has 180 valence electrons. The van der Waals surface area contributed by atoms with Gasteiger partial charge in [-0.15, -0.1) is 0 Å². The summed E-state index contributed by atoms with van der Waals surface area (Å²) >= 11 is 0. The van der Waals surface area contributed by atoms with Gasteiger partial charge in [-0.1, -0.05) is 61.9 Å². The summed E-state index contributed by atoms with van der Waals surface area (Å²) in [5.74, 6) is 0.594. The van der Waals surface area contributed by atoms with Crippen LogP contribution < -0.4 is 5.32 Å². The number of likely N-dealkylation sites (tertiary alicyclic amines) is 1. The van der Waals surface area contributed by atoms with E-state index in [0.29, 0.717) is 5.92 Å². The monoisotopic (exact) mass is 465 g/mol. The third kappa shape index (κ3) is 5.18. The number of nitrogens with zero attached hydrogens (tertiary/aromatic N) is 2. The Balaban J connectivity index is 1.28. The van der Waals surface area contributed by atoms with E-state index in [2.05, 4.69) is 94.6 Å². The van der Waals surface area contributed by atoms with E-state index in [1.54, 1.807) is 0 Å². The lowest BCUT2D eigenvalue weighted by molar-refractivity contribution is -0.118. The Kier molecular flexibility index (Phi) is 6.74. The molecule has 35 heavy (non-hydrogen) atoms. The average molecular weight is 466 g/mol. The number of fused-ring (bicyclic) bond motifs is 1. The normalized spacial score (nSPS) is 15.1. The van der Waals surface area contributed by atoms with Gasteiger partial charge in [0.05, 0.1) is 5.52 Å². The van der Waals surface area contributed by atoms with Gasteiger partial charge in [0.1, 0.15) is 0 Å². The molecule has 1 aliphatic heterocycles. The second-order valence-corrected chi connectivity index (χ2v) is 10.2. The molecule has 4 nitrogen and oxygen atoms in total. The number of benzene rings is 3. The molecule has 3 aromatic carbocycles. The van der Waals surface area contributed by atoms with Crippen molar-refractivity contribution < 1.29 is 4.79 Å². The molecule has 0 radical (unpaired) electrons. The topological polar surface area (TPSA) is 37.3 Å². The number of rotatable bonds is 6. The molecule has 0 bridgehead atoms. The van der Waals surface area contributed by atoms with Crippen LogP contribution in [-0.4, -0.2) is 28.5 Å². The maximum Gasteiger partial charge on any atom is 0.226 e. The highest BCUT2D eigenvalue weighted by Gasteiger charge is 2.22. The van der Waals surface area contributed by atoms with Crippen LogP contribution in [0.5, 0.6) is 0 Å². The number of carbonyl (C=O) groups is 1. The first-order chi connectivity index (χ1) is 17.0. The van der Waals surface area contributed by atoms with Crippen molar-refractivity contribution in [3.8, 4) is 5.69 Å². The van der Waals surface area contributed by atoms with Gasteiger partial charge in [-0.3, -0.25) is 9.69 Å². The van der Waals surface area contributed by atoms with Crippen LogP contribution in [0.15, 0.2) is 79.0 Å². The first kappa shape index (κ1) is 23.4. The summed E-state index contributed by atoms with van der Waals surface area (Å²) in [5, 5.41) is 4.38. The van der Waals surface area contributed by atoms with Crippen molar-refractivity contribution in [1.29, 1.82) is 0 Å². The van der Waals surface area contributed by atoms with Crippen LogP contribution in [0.1, 0.15) is 49.3 Å². The molecule has 4 heteroatoms. The molecule has 1 amide bonds. The Labute approximate surface area is 208 Å². The van der Waals surface area contributed by atoms with Gasteiger partial charge in [0.15, 0.2) is 0 Å². The zero-order valence-electron chi connectivity index (χ0n) is 21.0. The number of aryl methyl sites for hydroxylation is 1. The Morgan fingerprint density at radius 1 is 0.971 bits per heavy atom. The Bertz CT molecular complexity index is 1310. The van der Waals surface area contributed by atoms with Crippen LogP contribution in [0.4, 0.5) is 5.69 Å². The minimum absolute atomic E-state index is 0.0150. The summed E-state index contributed by atoms with van der Waals surface area (Å²) < 4.78 is 2.33. The van der Waals surface area contributed by atoms with Gasteiger partial charge in [0.25, 0.3) is 0 Å². The van der Waals surface area contributed by atoms with Crippen LogP contribution in [0.25, 0.3) is 16.6 Å². The number of amides is 1. The zero-order valence-corrected chi connectivity index (χ0v) is 21.0. The number of piperidine rings is 1. The largest absolute Gasteiger partial charge is 0.326 e. The fourth-order valence-corrected chi connectivity index (χ4v) is 5.12. The van der Waals surface area contributed by atoms with E-state index in [0.717, 1.165) is 38.2 Å². The highest BCUT2D eigenvalue weighted by Crippen LogP contribution is 2.32. The predicted molar refractivity (Wildman–Crippen MR) is 145 cm³/mol. The molecule has 0 aliphatic carbocycles. The molecule has 1 aromatic heterocycles. The fourth-order valence-electron chi connectivity index (χ4n) is 5.12. The number of anilines is 1. The van der Waals surface area contributed by atoms with Crippen LogP contribution >= 0.6 is 0 Å². The lowest BCUT2D eigenvalue weighted by atomic mass is 9.89. The third-order valence-electron chi connectivity index (χ3n) is 7.24. The summed E-state index contributed by atoms with van der Waals surface area (Å²) in [4.78, 5) is 14.7. The van der Waals surface area contributed by atoms with Crippen molar-refractivity contribution in [2.45, 2.75) is 46.1 Å². The van der Waals surface area contributed by atoms with Crippen molar-refractivity contribution in [2.24, 2.45) is 5.92 Å². The summed E-state index contributed by atoms with van der Waals surface area (Å²) in [6.07, 6.45) is 4.60. The quantitative estimate of drug-likeness (QED) is 0.336. The molecule has 1 N–H and O–H groups in total. The van der Waals surface area contributed by atoms with Crippen molar-refractivity contribution in [3.63, 3.8) is 0 Å². The molecule has 0 saturated carbocycles. The van der Waals surface area contributed by atoms with Crippen LogP contribution in [0.3, 0.4) is 0 Å². The van der Waals surface area contributed by atoms with Gasteiger partial charge >= 0.3 is 0 Å². The van der Waals surface area contributed by atoms with E-state index in [9.17, 15) is 4.79 Å². The van der Waals surface area contributed by atoms with E-state index < -0.39 is 0 Å². The number of carbonyl (C=O) groups excluding carboxylic acids is 1. The summed E-state index contributed by atoms with van der Waals surface area (Å²) in [6.45, 7) is 9.11. The number of nitrogens with one attached hydrogen (secondary N) is 1. The smallest absolute Gasteiger partial charge is 0.226 e. The standard InChI is InChI=1S/C31H35N3O/c1-22(2)31(35)32-27-8-6-7-25(19-27)24-15-17-33(18-16-24)20-26-21-34(28-13-11-23(3)12-14-28)30-10-5-4-9-29(26)30/h4-14,19,21-22,24H,15-18,20H2,1-3H3,(H,32,35). The molecule has 0 unspecified atom stereocenters. The van der Waals surface area contributed by atoms with Crippen molar-refractivity contribution in [2.75, 3.05) is 18.4 Å². The second kappa shape index (κ2) is 10.1. The minimum atomic E-state index is -0.0150. The Hall–Kier alpha value is -3.37. The molecule has 1 saturated heterocycles. The van der Waals surface area contributed by atoms with Gasteiger partial charge in [-0.2, -0.15) is 0 Å². The third-order valence-corrected chi connectivity index (χ3v) is 7.24. The molecule has 4 aromatic rings. The number of hydrogen-bond donors (Lipinski definition) is 1. The van der Waals surface area contributed by atoms with E-state index in [-0.39, 0.29) is 11.8 Å². The highest BCUT2D eigenvalue weighted by molar-refractivity contribution is 5.92. The van der Waals surface area contributed by atoms with Crippen molar-refractivity contribution in [1.82, 2.24) is 9.47 Å². The number of aromatic nitrogens is 1. The molecular weight excluding hydrogens is 430 g/mol. The SMILES string of the molecule is Cc1ccc(-n2cc(CN3CCC(c4cccc(NC(=O)C(C)C)c4)CC3)c3ccccc32)cc1. The molecule has 1 fully saturated rings. The maximum atomic E-state index is 12.1. The van der Waals surface area contributed by atoms with Crippen molar-refractivity contribution >= 4 is 22.5 Å². The zero-order chi connectivity index (χ0) is 24.4. The van der Waals surface area contributed by atoms with E-state index >= 15 is 0 Å². The van der Waals surface area contributed by atoms with Gasteiger partial charge in [-0.05, 0) is 80.2 Å². The second-order valence-electron chi connectivity index (χ2n) is 10.2. The molecule has 5 rings (SSSR count). The van der Waals surface area contributed by atoms with Gasteiger partial charge in [-0.25, -0.2) is 0 Å². The summed E-state index contributed by atoms with van der Waals surface area (Å²) in [6, 6.07) is 25.9.